The molecular weight excluding hydrogens is 224 g/mol. The van der Waals surface area contributed by atoms with Crippen molar-refractivity contribution in [3.8, 4) is 5.75 Å². The highest BCUT2D eigenvalue weighted by molar-refractivity contribution is 5.85. The van der Waals surface area contributed by atoms with E-state index in [2.05, 4.69) is 22.9 Å². The fraction of sp³-hybridized carbons (Fsp3) is 0.467. The van der Waals surface area contributed by atoms with E-state index >= 15 is 0 Å². The van der Waals surface area contributed by atoms with E-state index in [4.69, 9.17) is 10.5 Å². The van der Waals surface area contributed by atoms with Gasteiger partial charge in [0.15, 0.2) is 0 Å². The molecule has 1 aliphatic carbocycles. The van der Waals surface area contributed by atoms with Gasteiger partial charge in [-0.3, -0.25) is 0 Å². The van der Waals surface area contributed by atoms with E-state index in [1.807, 2.05) is 6.07 Å². The summed E-state index contributed by atoms with van der Waals surface area (Å²) in [5, 5.41) is 1.36. The molecule has 0 saturated heterocycles. The number of aryl methyl sites for hydroxylation is 1. The molecule has 0 atom stereocenters. The minimum Gasteiger partial charge on any atom is -0.497 e. The lowest BCUT2D eigenvalue weighted by atomic mass is 10.1. The zero-order chi connectivity index (χ0) is 12.5. The third kappa shape index (κ3) is 1.99. The number of methoxy groups -OCH3 is 1. The van der Waals surface area contributed by atoms with Gasteiger partial charge >= 0.3 is 0 Å². The average Bonchev–Trinajstić information content (AvgIpc) is 3.18. The van der Waals surface area contributed by atoms with Crippen molar-refractivity contribution in [3.05, 3.63) is 30.0 Å². The molecule has 1 aromatic carbocycles. The van der Waals surface area contributed by atoms with Crippen molar-refractivity contribution in [3.63, 3.8) is 0 Å². The highest BCUT2D eigenvalue weighted by atomic mass is 16.5. The molecule has 0 amide bonds. The topological polar surface area (TPSA) is 40.2 Å². The monoisotopic (exact) mass is 244 g/mol. The van der Waals surface area contributed by atoms with Gasteiger partial charge in [0.2, 0.25) is 0 Å². The molecule has 3 heteroatoms. The minimum absolute atomic E-state index is 0.700. The number of benzene rings is 1. The van der Waals surface area contributed by atoms with Crippen LogP contribution in [0.5, 0.6) is 5.75 Å². The van der Waals surface area contributed by atoms with Gasteiger partial charge in [-0.05, 0) is 49.9 Å². The molecule has 1 saturated carbocycles. The Labute approximate surface area is 108 Å². The van der Waals surface area contributed by atoms with E-state index < -0.39 is 0 Å². The summed E-state index contributed by atoms with van der Waals surface area (Å²) in [5.74, 6) is 0.938. The maximum absolute atomic E-state index is 5.62. The number of ether oxygens (including phenoxy) is 1. The summed E-state index contributed by atoms with van der Waals surface area (Å²) in [6.45, 7) is 0.756. The Hall–Kier alpha value is -1.48. The van der Waals surface area contributed by atoms with Crippen LogP contribution in [-0.2, 0) is 6.42 Å². The molecule has 1 aromatic heterocycles. The van der Waals surface area contributed by atoms with Crippen LogP contribution in [0, 0.1) is 0 Å². The zero-order valence-electron chi connectivity index (χ0n) is 10.9. The first-order valence-corrected chi connectivity index (χ1v) is 6.71. The highest BCUT2D eigenvalue weighted by Crippen LogP contribution is 2.40. The fourth-order valence-electron chi connectivity index (χ4n) is 2.58. The normalized spacial score (nSPS) is 15.2. The Morgan fingerprint density at radius 2 is 2.22 bits per heavy atom. The van der Waals surface area contributed by atoms with Crippen LogP contribution >= 0.6 is 0 Å². The second-order valence-corrected chi connectivity index (χ2v) is 5.07. The molecule has 0 unspecified atom stereocenters. The first kappa shape index (κ1) is 11.6. The first-order chi connectivity index (χ1) is 8.83. The van der Waals surface area contributed by atoms with E-state index in [0.717, 1.165) is 25.1 Å². The van der Waals surface area contributed by atoms with Crippen LogP contribution in [0.25, 0.3) is 10.9 Å². The lowest BCUT2D eigenvalue weighted by Crippen LogP contribution is -1.99. The van der Waals surface area contributed by atoms with Gasteiger partial charge in [-0.25, -0.2) is 0 Å². The number of nitrogens with zero attached hydrogens (tertiary/aromatic N) is 1. The summed E-state index contributed by atoms with van der Waals surface area (Å²) >= 11 is 0. The Kier molecular flexibility index (Phi) is 3.00. The lowest BCUT2D eigenvalue weighted by Gasteiger charge is -2.04. The minimum atomic E-state index is 0.700. The number of hydrogen-bond acceptors (Lipinski definition) is 2. The summed E-state index contributed by atoms with van der Waals surface area (Å²) in [7, 11) is 1.72. The largest absolute Gasteiger partial charge is 0.497 e. The van der Waals surface area contributed by atoms with Crippen LogP contribution in [0.3, 0.4) is 0 Å². The van der Waals surface area contributed by atoms with Crippen LogP contribution < -0.4 is 10.5 Å². The molecular formula is C15H20N2O. The van der Waals surface area contributed by atoms with Gasteiger partial charge in [-0.15, -0.1) is 0 Å². The van der Waals surface area contributed by atoms with E-state index in [1.165, 1.54) is 29.3 Å². The Bertz CT molecular complexity index is 555. The molecule has 3 rings (SSSR count). The van der Waals surface area contributed by atoms with E-state index in [-0.39, 0.29) is 0 Å². The van der Waals surface area contributed by atoms with Crippen molar-refractivity contribution in [2.45, 2.75) is 31.7 Å². The quantitative estimate of drug-likeness (QED) is 0.878. The molecule has 96 valence electrons. The van der Waals surface area contributed by atoms with E-state index in [1.54, 1.807) is 7.11 Å². The molecule has 0 spiro atoms. The lowest BCUT2D eigenvalue weighted by molar-refractivity contribution is 0.415. The number of aromatic nitrogens is 1. The number of hydrogen-bond donors (Lipinski definition) is 1. The molecule has 3 nitrogen and oxygen atoms in total. The fourth-order valence-corrected chi connectivity index (χ4v) is 2.58. The average molecular weight is 244 g/mol. The van der Waals surface area contributed by atoms with Gasteiger partial charge in [0, 0.05) is 23.7 Å². The van der Waals surface area contributed by atoms with Crippen molar-refractivity contribution in [1.82, 2.24) is 4.57 Å². The van der Waals surface area contributed by atoms with Crippen molar-refractivity contribution < 1.29 is 4.74 Å². The molecule has 1 aliphatic rings. The van der Waals surface area contributed by atoms with Gasteiger partial charge in [0.05, 0.1) is 12.6 Å². The number of fused-ring (bicyclic) bond motifs is 1. The first-order valence-electron chi connectivity index (χ1n) is 6.71. The predicted molar refractivity (Wildman–Crippen MR) is 74.1 cm³/mol. The van der Waals surface area contributed by atoms with E-state index in [9.17, 15) is 0 Å². The van der Waals surface area contributed by atoms with Crippen LogP contribution in [0.2, 0.25) is 0 Å². The van der Waals surface area contributed by atoms with Crippen LogP contribution in [0.15, 0.2) is 24.4 Å². The van der Waals surface area contributed by atoms with Crippen molar-refractivity contribution in [2.24, 2.45) is 5.73 Å². The Balaban J connectivity index is 2.07. The Morgan fingerprint density at radius 1 is 1.39 bits per heavy atom. The number of rotatable bonds is 5. The zero-order valence-corrected chi connectivity index (χ0v) is 10.9. The predicted octanol–water partition coefficient (Wildman–Crippen LogP) is 2.88. The smallest absolute Gasteiger partial charge is 0.120 e. The van der Waals surface area contributed by atoms with Gasteiger partial charge in [-0.1, -0.05) is 0 Å². The van der Waals surface area contributed by atoms with Crippen LogP contribution in [0.4, 0.5) is 0 Å². The third-order valence-electron chi connectivity index (χ3n) is 3.71. The van der Waals surface area contributed by atoms with Crippen LogP contribution in [-0.4, -0.2) is 18.2 Å². The van der Waals surface area contributed by atoms with Gasteiger partial charge in [-0.2, -0.15) is 0 Å². The second-order valence-electron chi connectivity index (χ2n) is 5.07. The summed E-state index contributed by atoms with van der Waals surface area (Å²) in [4.78, 5) is 0. The maximum atomic E-state index is 5.62. The second kappa shape index (κ2) is 4.65. The third-order valence-corrected chi connectivity index (χ3v) is 3.71. The summed E-state index contributed by atoms with van der Waals surface area (Å²) in [5.41, 5.74) is 8.35. The Morgan fingerprint density at radius 3 is 2.89 bits per heavy atom. The summed E-state index contributed by atoms with van der Waals surface area (Å²) in [6, 6.07) is 7.08. The maximum Gasteiger partial charge on any atom is 0.120 e. The SMILES string of the molecule is COc1ccc2c(CCCN)cn(C3CC3)c2c1. The standard InChI is InChI=1S/C15H20N2O/c1-18-13-6-7-14-11(3-2-8-16)10-17(12-4-5-12)15(14)9-13/h6-7,9-10,12H,2-5,8,16H2,1H3. The van der Waals surface area contributed by atoms with Crippen molar-refractivity contribution in [2.75, 3.05) is 13.7 Å². The molecule has 0 bridgehead atoms. The molecule has 0 aliphatic heterocycles. The van der Waals surface area contributed by atoms with Crippen molar-refractivity contribution in [1.29, 1.82) is 0 Å². The molecule has 1 fully saturated rings. The molecule has 18 heavy (non-hydrogen) atoms. The molecule has 2 aromatic rings. The van der Waals surface area contributed by atoms with E-state index in [0.29, 0.717) is 6.04 Å². The molecule has 0 radical (unpaired) electrons. The molecule has 2 N–H and O–H groups in total. The number of nitrogens with two attached hydrogens (primary N) is 1. The molecule has 1 heterocycles. The van der Waals surface area contributed by atoms with Gasteiger partial charge < -0.3 is 15.0 Å². The summed E-state index contributed by atoms with van der Waals surface area (Å²) < 4.78 is 7.75. The van der Waals surface area contributed by atoms with Gasteiger partial charge in [0.1, 0.15) is 5.75 Å². The van der Waals surface area contributed by atoms with Gasteiger partial charge in [0.25, 0.3) is 0 Å². The highest BCUT2D eigenvalue weighted by Gasteiger charge is 2.25. The summed E-state index contributed by atoms with van der Waals surface area (Å²) in [6.07, 6.45) is 7.04. The van der Waals surface area contributed by atoms with Crippen LogP contribution in [0.1, 0.15) is 30.9 Å². The van der Waals surface area contributed by atoms with Crippen molar-refractivity contribution >= 4 is 10.9 Å².